The number of anilines is 1. The molecule has 0 amide bonds. The Labute approximate surface area is 169 Å². The lowest BCUT2D eigenvalue weighted by atomic mass is 10.1. The molecular weight excluding hydrogens is 384 g/mol. The summed E-state index contributed by atoms with van der Waals surface area (Å²) in [6, 6.07) is 19.0. The third-order valence-corrected chi connectivity index (χ3v) is 7.24. The van der Waals surface area contributed by atoms with Crippen LogP contribution in [0.5, 0.6) is 0 Å². The van der Waals surface area contributed by atoms with Crippen molar-refractivity contribution in [3.05, 3.63) is 67.0 Å². The van der Waals surface area contributed by atoms with Crippen LogP contribution in [0.2, 0.25) is 0 Å². The number of nitrogens with zero attached hydrogens (tertiary/aromatic N) is 3. The van der Waals surface area contributed by atoms with E-state index in [4.69, 9.17) is 0 Å². The van der Waals surface area contributed by atoms with Crippen molar-refractivity contribution in [2.75, 3.05) is 24.5 Å². The van der Waals surface area contributed by atoms with Crippen molar-refractivity contribution in [3.63, 3.8) is 0 Å². The molecule has 0 spiro atoms. The van der Waals surface area contributed by atoms with Gasteiger partial charge in [-0.25, -0.2) is 17.4 Å². The standard InChI is InChI=1S/C22H22N4O2S/c1-16-14-25(13-12-23-16)19-9-5-10-20-22(19)24-15-26(20)29(27,28)21-11-4-7-17-6-2-3-8-18(17)21/h2-11,15-16,23H,12-14H2,1H3. The molecule has 1 aromatic heterocycles. The Morgan fingerprint density at radius 2 is 1.83 bits per heavy atom. The van der Waals surface area contributed by atoms with Gasteiger partial charge < -0.3 is 10.2 Å². The first-order chi connectivity index (χ1) is 14.1. The van der Waals surface area contributed by atoms with Crippen LogP contribution in [-0.4, -0.2) is 43.1 Å². The molecule has 3 aromatic carbocycles. The highest BCUT2D eigenvalue weighted by molar-refractivity contribution is 7.90. The molecule has 29 heavy (non-hydrogen) atoms. The maximum atomic E-state index is 13.6. The maximum absolute atomic E-state index is 13.6. The number of benzene rings is 3. The molecule has 1 N–H and O–H groups in total. The molecule has 1 fully saturated rings. The molecule has 148 valence electrons. The lowest BCUT2D eigenvalue weighted by Gasteiger charge is -2.33. The Morgan fingerprint density at radius 1 is 1.03 bits per heavy atom. The van der Waals surface area contributed by atoms with Crippen molar-refractivity contribution in [2.24, 2.45) is 0 Å². The molecule has 7 heteroatoms. The molecule has 6 nitrogen and oxygen atoms in total. The summed E-state index contributed by atoms with van der Waals surface area (Å²) in [6.07, 6.45) is 1.43. The highest BCUT2D eigenvalue weighted by atomic mass is 32.2. The molecule has 1 aliphatic heterocycles. The number of nitrogens with one attached hydrogen (secondary N) is 1. The molecule has 0 aliphatic carbocycles. The Bertz CT molecular complexity index is 1310. The van der Waals surface area contributed by atoms with Crippen molar-refractivity contribution in [3.8, 4) is 0 Å². The van der Waals surface area contributed by atoms with Gasteiger partial charge in [-0.15, -0.1) is 0 Å². The van der Waals surface area contributed by atoms with Crippen LogP contribution in [0.25, 0.3) is 21.8 Å². The van der Waals surface area contributed by atoms with Gasteiger partial charge in [0.25, 0.3) is 10.0 Å². The summed E-state index contributed by atoms with van der Waals surface area (Å²) in [5.74, 6) is 0. The van der Waals surface area contributed by atoms with Gasteiger partial charge in [0, 0.05) is 31.1 Å². The van der Waals surface area contributed by atoms with Crippen molar-refractivity contribution in [1.82, 2.24) is 14.3 Å². The molecule has 2 heterocycles. The molecule has 1 saturated heterocycles. The number of hydrogen-bond acceptors (Lipinski definition) is 5. The number of rotatable bonds is 3. The quantitative estimate of drug-likeness (QED) is 0.566. The van der Waals surface area contributed by atoms with Gasteiger partial charge in [-0.2, -0.15) is 0 Å². The fourth-order valence-corrected chi connectivity index (χ4v) is 5.63. The molecule has 0 radical (unpaired) electrons. The first kappa shape index (κ1) is 18.1. The highest BCUT2D eigenvalue weighted by Crippen LogP contribution is 2.31. The number of aromatic nitrogens is 2. The van der Waals surface area contributed by atoms with Crippen molar-refractivity contribution in [1.29, 1.82) is 0 Å². The second-order valence-corrected chi connectivity index (χ2v) is 9.25. The van der Waals surface area contributed by atoms with Crippen LogP contribution in [0.3, 0.4) is 0 Å². The fourth-order valence-electron chi connectivity index (χ4n) is 4.13. The largest absolute Gasteiger partial charge is 0.367 e. The van der Waals surface area contributed by atoms with E-state index in [0.717, 1.165) is 30.7 Å². The molecule has 1 unspecified atom stereocenters. The zero-order valence-electron chi connectivity index (χ0n) is 16.1. The zero-order chi connectivity index (χ0) is 20.0. The normalized spacial score (nSPS) is 17.8. The van der Waals surface area contributed by atoms with E-state index in [1.165, 1.54) is 10.3 Å². The number of imidazole rings is 1. The molecular formula is C22H22N4O2S. The van der Waals surface area contributed by atoms with Crippen LogP contribution in [0.1, 0.15) is 6.92 Å². The van der Waals surface area contributed by atoms with Gasteiger partial charge in [-0.1, -0.05) is 42.5 Å². The summed E-state index contributed by atoms with van der Waals surface area (Å²) in [5.41, 5.74) is 2.29. The molecule has 0 saturated carbocycles. The molecule has 4 aromatic rings. The summed E-state index contributed by atoms with van der Waals surface area (Å²) >= 11 is 0. The van der Waals surface area contributed by atoms with Crippen LogP contribution >= 0.6 is 0 Å². The van der Waals surface area contributed by atoms with Crippen molar-refractivity contribution in [2.45, 2.75) is 17.9 Å². The van der Waals surface area contributed by atoms with E-state index in [2.05, 4.69) is 22.1 Å². The van der Waals surface area contributed by atoms with E-state index in [9.17, 15) is 8.42 Å². The molecule has 5 rings (SSSR count). The third kappa shape index (κ3) is 2.97. The Kier molecular flexibility index (Phi) is 4.29. The van der Waals surface area contributed by atoms with Gasteiger partial charge in [0.2, 0.25) is 0 Å². The van der Waals surface area contributed by atoms with Gasteiger partial charge in [0.05, 0.1) is 16.1 Å². The first-order valence-electron chi connectivity index (χ1n) is 9.73. The van der Waals surface area contributed by atoms with Crippen LogP contribution in [-0.2, 0) is 10.0 Å². The summed E-state index contributed by atoms with van der Waals surface area (Å²) in [4.78, 5) is 7.07. The number of hydrogen-bond donors (Lipinski definition) is 1. The van der Waals surface area contributed by atoms with E-state index in [-0.39, 0.29) is 4.90 Å². The highest BCUT2D eigenvalue weighted by Gasteiger charge is 2.24. The van der Waals surface area contributed by atoms with Gasteiger partial charge in [0.15, 0.2) is 0 Å². The second-order valence-electron chi connectivity index (χ2n) is 7.47. The van der Waals surface area contributed by atoms with Crippen molar-refractivity contribution >= 4 is 37.5 Å². The van der Waals surface area contributed by atoms with Crippen LogP contribution < -0.4 is 10.2 Å². The average molecular weight is 407 g/mol. The monoisotopic (exact) mass is 406 g/mol. The Balaban J connectivity index is 1.67. The number of piperazine rings is 1. The minimum absolute atomic E-state index is 0.288. The SMILES string of the molecule is CC1CN(c2cccc3c2ncn3S(=O)(=O)c2cccc3ccccc23)CCN1. The fraction of sp³-hybridized carbons (Fsp3) is 0.227. The van der Waals surface area contributed by atoms with Gasteiger partial charge in [-0.05, 0) is 30.5 Å². The third-order valence-electron chi connectivity index (χ3n) is 5.52. The Hall–Kier alpha value is -2.90. The number of fused-ring (bicyclic) bond motifs is 2. The zero-order valence-corrected chi connectivity index (χ0v) is 16.9. The molecule has 1 atom stereocenters. The first-order valence-corrected chi connectivity index (χ1v) is 11.2. The second kappa shape index (κ2) is 6.86. The molecule has 0 bridgehead atoms. The van der Waals surface area contributed by atoms with E-state index in [1.54, 1.807) is 12.1 Å². The van der Waals surface area contributed by atoms with Gasteiger partial charge in [0.1, 0.15) is 11.8 Å². The number of para-hydroxylation sites is 1. The minimum atomic E-state index is -3.78. The summed E-state index contributed by atoms with van der Waals surface area (Å²) in [7, 11) is -3.78. The van der Waals surface area contributed by atoms with E-state index >= 15 is 0 Å². The van der Waals surface area contributed by atoms with Crippen LogP contribution in [0.4, 0.5) is 5.69 Å². The maximum Gasteiger partial charge on any atom is 0.270 e. The van der Waals surface area contributed by atoms with Crippen LogP contribution in [0, 0.1) is 0 Å². The summed E-state index contributed by atoms with van der Waals surface area (Å²) in [6.45, 7) is 4.77. The summed E-state index contributed by atoms with van der Waals surface area (Å²) < 4.78 is 28.4. The van der Waals surface area contributed by atoms with E-state index in [1.807, 2.05) is 48.5 Å². The van der Waals surface area contributed by atoms with E-state index in [0.29, 0.717) is 22.5 Å². The lowest BCUT2D eigenvalue weighted by Crippen LogP contribution is -2.49. The van der Waals surface area contributed by atoms with Crippen molar-refractivity contribution < 1.29 is 8.42 Å². The van der Waals surface area contributed by atoms with E-state index < -0.39 is 10.0 Å². The lowest BCUT2D eigenvalue weighted by molar-refractivity contribution is 0.485. The average Bonchev–Trinajstić information content (AvgIpc) is 3.18. The topological polar surface area (TPSA) is 67.2 Å². The molecule has 1 aliphatic rings. The Morgan fingerprint density at radius 3 is 2.69 bits per heavy atom. The summed E-state index contributed by atoms with van der Waals surface area (Å²) in [5, 5.41) is 5.04. The van der Waals surface area contributed by atoms with Crippen LogP contribution in [0.15, 0.2) is 71.9 Å². The minimum Gasteiger partial charge on any atom is -0.367 e. The predicted octanol–water partition coefficient (Wildman–Crippen LogP) is 3.22. The smallest absolute Gasteiger partial charge is 0.270 e. The predicted molar refractivity (Wildman–Crippen MR) is 116 cm³/mol. The van der Waals surface area contributed by atoms with Gasteiger partial charge in [-0.3, -0.25) is 0 Å². The van der Waals surface area contributed by atoms with Gasteiger partial charge >= 0.3 is 0 Å².